The fraction of sp³-hybridized carbons (Fsp3) is 0.114. The number of carbonyl (C=O) groups excluding carboxylic acids is 1. The summed E-state index contributed by atoms with van der Waals surface area (Å²) in [6, 6.07) is 45.7. The Bertz CT molecular complexity index is 2470. The number of aromatic nitrogens is 1. The summed E-state index contributed by atoms with van der Waals surface area (Å²) >= 11 is 7.65. The van der Waals surface area contributed by atoms with Crippen LogP contribution < -0.4 is 24.5 Å². The first kappa shape index (κ1) is 36.8. The van der Waals surface area contributed by atoms with Gasteiger partial charge in [0.25, 0.3) is 5.91 Å². The molecule has 1 amide bonds. The number of thiocarbonyl (C=S) groups is 1. The van der Waals surface area contributed by atoms with E-state index in [-0.39, 0.29) is 5.91 Å². The predicted octanol–water partition coefficient (Wildman–Crippen LogP) is 7.86. The van der Waals surface area contributed by atoms with Crippen molar-refractivity contribution >= 4 is 85.2 Å². The Morgan fingerprint density at radius 3 is 1.81 bits per heavy atom. The summed E-state index contributed by atoms with van der Waals surface area (Å²) in [5.74, 6) is -0.291. The van der Waals surface area contributed by atoms with Gasteiger partial charge in [0.05, 0.1) is 4.53 Å². The van der Waals surface area contributed by atoms with E-state index >= 15 is 0 Å². The van der Waals surface area contributed by atoms with Crippen LogP contribution in [0.25, 0.3) is 22.6 Å². The van der Waals surface area contributed by atoms with Crippen LogP contribution in [0.3, 0.4) is 0 Å². The molecule has 1 aliphatic heterocycles. The van der Waals surface area contributed by atoms with Crippen LogP contribution in [0.4, 0.5) is 17.1 Å². The molecule has 5 aromatic carbocycles. The number of aliphatic hydroxyl groups excluding tert-OH is 1. The van der Waals surface area contributed by atoms with Gasteiger partial charge in [-0.25, -0.2) is 0 Å². The largest absolute Gasteiger partial charge is 0.378 e. The zero-order valence-corrected chi connectivity index (χ0v) is 32.3. The van der Waals surface area contributed by atoms with Gasteiger partial charge in [-0.2, -0.15) is 0 Å². The minimum absolute atomic E-state index is 0.291. The average molecular weight is 768 g/mol. The number of hydrogen-bond donors (Lipinski definition) is 1. The highest BCUT2D eigenvalue weighted by Crippen LogP contribution is 2.36. The summed E-state index contributed by atoms with van der Waals surface area (Å²) in [5.41, 5.74) is 8.93. The van der Waals surface area contributed by atoms with Gasteiger partial charge >= 0.3 is 5.56 Å². The Morgan fingerprint density at radius 1 is 0.796 bits per heavy atom. The van der Waals surface area contributed by atoms with Crippen LogP contribution in [-0.4, -0.2) is 37.8 Å². The van der Waals surface area contributed by atoms with Gasteiger partial charge in [0.2, 0.25) is 6.29 Å². The van der Waals surface area contributed by atoms with Gasteiger partial charge in [0, 0.05) is 30.5 Å². The normalized spacial score (nSPS) is 14.7. The lowest BCUT2D eigenvalue weighted by atomic mass is 9.95. The summed E-state index contributed by atoms with van der Waals surface area (Å²) in [5, 5.41) is 10.0. The monoisotopic (exact) mass is 767 g/mol. The molecule has 1 aromatic heterocycles. The lowest BCUT2D eigenvalue weighted by Gasteiger charge is -2.26. The van der Waals surface area contributed by atoms with Gasteiger partial charge < -0.3 is 14.8 Å². The molecule has 54 heavy (non-hydrogen) atoms. The van der Waals surface area contributed by atoms with E-state index in [2.05, 4.69) is 115 Å². The van der Waals surface area contributed by atoms with Crippen LogP contribution >= 0.6 is 35.3 Å². The Kier molecular flexibility index (Phi) is 11.1. The summed E-state index contributed by atoms with van der Waals surface area (Å²) in [6.07, 6.45) is 2.71. The number of benzene rings is 5. The smallest absolute Gasteiger partial charge is 0.301 e. The number of thioether (sulfide) groups is 1. The minimum atomic E-state index is -1.27. The molecule has 270 valence electrons. The third-order valence-corrected chi connectivity index (χ3v) is 11.4. The highest BCUT2D eigenvalue weighted by atomic mass is 32.2. The molecule has 1 atom stereocenters. The molecule has 0 saturated carbocycles. The maximum atomic E-state index is 13.6. The minimum Gasteiger partial charge on any atom is -0.378 e. The van der Waals surface area contributed by atoms with E-state index in [4.69, 9.17) is 17.1 Å². The second-order valence-electron chi connectivity index (χ2n) is 12.6. The third kappa shape index (κ3) is 7.88. The van der Waals surface area contributed by atoms with E-state index in [1.54, 1.807) is 6.08 Å². The summed E-state index contributed by atoms with van der Waals surface area (Å²) < 4.78 is 2.06. The van der Waals surface area contributed by atoms with Gasteiger partial charge in [-0.05, 0) is 90.2 Å². The molecule has 2 heterocycles. The van der Waals surface area contributed by atoms with Gasteiger partial charge in [-0.15, -0.1) is 16.1 Å². The molecule has 1 fully saturated rings. The molecule has 7 nitrogen and oxygen atoms in total. The van der Waals surface area contributed by atoms with Crippen LogP contribution in [0.1, 0.15) is 41.7 Å². The molecular formula is C44H37N3O4S3. The Morgan fingerprint density at radius 2 is 1.31 bits per heavy atom. The molecule has 1 N–H and O–H groups in total. The lowest BCUT2D eigenvalue weighted by molar-refractivity contribution is -0.120. The fourth-order valence-corrected chi connectivity index (χ4v) is 8.67. The number of aliphatic hydroxyl groups is 1. The zero-order chi connectivity index (χ0) is 37.8. The van der Waals surface area contributed by atoms with Crippen molar-refractivity contribution < 1.29 is 14.7 Å². The van der Waals surface area contributed by atoms with Crippen LogP contribution in [0.2, 0.25) is 0 Å². The number of carbonyl (C=O) groups is 1. The SMILES string of the molecule is CCN1C(=O)/C(=c2\s/c(=C\c3ccc(N(c4ccc(C)cc4)c4ccc(C=C(c5ccccc5)c5ccccc5)cc4)cc3)c(=O)n2OC(C)O)SC1=S. The van der Waals surface area contributed by atoms with Crippen molar-refractivity contribution in [3.63, 3.8) is 0 Å². The van der Waals surface area contributed by atoms with Crippen molar-refractivity contribution in [1.29, 1.82) is 0 Å². The zero-order valence-electron chi connectivity index (χ0n) is 29.9. The van der Waals surface area contributed by atoms with Crippen LogP contribution in [0.5, 0.6) is 0 Å². The molecule has 7 rings (SSSR count). The summed E-state index contributed by atoms with van der Waals surface area (Å²) in [4.78, 5) is 36.2. The molecule has 0 aliphatic carbocycles. The first-order valence-corrected chi connectivity index (χ1v) is 19.5. The Labute approximate surface area is 327 Å². The number of anilines is 3. The molecule has 0 radical (unpaired) electrons. The molecule has 6 aromatic rings. The van der Waals surface area contributed by atoms with E-state index in [1.165, 1.54) is 17.4 Å². The second-order valence-corrected chi connectivity index (χ2v) is 15.3. The molecule has 1 saturated heterocycles. The van der Waals surface area contributed by atoms with Crippen molar-refractivity contribution in [1.82, 2.24) is 9.63 Å². The number of hydrogen-bond acceptors (Lipinski definition) is 8. The van der Waals surface area contributed by atoms with Gasteiger partial charge in [-0.1, -0.05) is 127 Å². The maximum Gasteiger partial charge on any atom is 0.301 e. The van der Waals surface area contributed by atoms with E-state index in [9.17, 15) is 14.7 Å². The number of amides is 1. The lowest BCUT2D eigenvalue weighted by Crippen LogP contribution is -2.41. The van der Waals surface area contributed by atoms with E-state index in [1.807, 2.05) is 43.3 Å². The molecule has 1 unspecified atom stereocenters. The number of thiazole rings is 1. The third-order valence-electron chi connectivity index (χ3n) is 8.78. The molecular weight excluding hydrogens is 731 g/mol. The first-order chi connectivity index (χ1) is 26.2. The molecule has 0 spiro atoms. The highest BCUT2D eigenvalue weighted by molar-refractivity contribution is 8.30. The molecule has 10 heteroatoms. The van der Waals surface area contributed by atoms with Gasteiger partial charge in [0.15, 0.2) is 4.66 Å². The van der Waals surface area contributed by atoms with Crippen molar-refractivity contribution in [2.75, 3.05) is 11.4 Å². The predicted molar refractivity (Wildman–Crippen MR) is 226 cm³/mol. The van der Waals surface area contributed by atoms with Crippen LogP contribution in [0, 0.1) is 6.92 Å². The highest BCUT2D eigenvalue weighted by Gasteiger charge is 2.33. The van der Waals surface area contributed by atoms with Crippen molar-refractivity contribution in [3.8, 4) is 0 Å². The van der Waals surface area contributed by atoms with Crippen molar-refractivity contribution in [2.24, 2.45) is 0 Å². The van der Waals surface area contributed by atoms with Crippen LogP contribution in [-0.2, 0) is 4.79 Å². The quantitative estimate of drug-likeness (QED) is 0.0865. The summed E-state index contributed by atoms with van der Waals surface area (Å²) in [7, 11) is 0. The standard InChI is InChI=1S/C44H37N3O4S3/c1-4-45-42(50)40(54-44(45)52)43-47(51-30(3)48)41(49)39(53-43)28-32-19-25-37(26-20-32)46(35-21-15-29(2)16-22-35)36-23-17-31(18-24-36)27-38(33-11-7-5-8-12-33)34-13-9-6-10-14-34/h5-28,30,48H,4H2,1-3H3/b39-28-,43-40+. The van der Waals surface area contributed by atoms with Crippen molar-refractivity contribution in [2.45, 2.75) is 27.1 Å². The van der Waals surface area contributed by atoms with Crippen LogP contribution in [0.15, 0.2) is 138 Å². The van der Waals surface area contributed by atoms with E-state index in [0.29, 0.717) is 25.0 Å². The average Bonchev–Trinajstić information content (AvgIpc) is 3.65. The molecule has 1 aliphatic rings. The summed E-state index contributed by atoms with van der Waals surface area (Å²) in [6.45, 7) is 5.73. The first-order valence-electron chi connectivity index (χ1n) is 17.5. The van der Waals surface area contributed by atoms with E-state index in [0.717, 1.165) is 72.7 Å². The maximum absolute atomic E-state index is 13.6. The van der Waals surface area contributed by atoms with Gasteiger partial charge in [-0.3, -0.25) is 14.5 Å². The number of rotatable bonds is 10. The molecule has 0 bridgehead atoms. The Hall–Kier alpha value is -5.52. The Balaban J connectivity index is 1.25. The van der Waals surface area contributed by atoms with Crippen molar-refractivity contribution in [3.05, 3.63) is 181 Å². The van der Waals surface area contributed by atoms with E-state index < -0.39 is 11.8 Å². The number of nitrogens with zero attached hydrogens (tertiary/aromatic N) is 3. The van der Waals surface area contributed by atoms with Gasteiger partial charge in [0.1, 0.15) is 9.23 Å². The second kappa shape index (κ2) is 16.2. The number of aryl methyl sites for hydroxylation is 1. The fourth-order valence-electron chi connectivity index (χ4n) is 6.13. The topological polar surface area (TPSA) is 75.0 Å².